The van der Waals surface area contributed by atoms with Gasteiger partial charge in [-0.15, -0.1) is 0 Å². The number of carbonyl (C=O) groups excluding carboxylic acids is 2. The molecule has 1 aliphatic heterocycles. The monoisotopic (exact) mass is 286 g/mol. The molecule has 1 spiro atoms. The normalized spacial score (nSPS) is 24.5. The Kier molecular flexibility index (Phi) is 3.47. The molecule has 0 aromatic heterocycles. The fourth-order valence-electron chi connectivity index (χ4n) is 3.64. The van der Waals surface area contributed by atoms with Crippen molar-refractivity contribution < 1.29 is 9.59 Å². The zero-order chi connectivity index (χ0) is 15.0. The molecule has 112 valence electrons. The molecule has 1 saturated heterocycles. The zero-order valence-corrected chi connectivity index (χ0v) is 12.7. The molecule has 2 fully saturated rings. The van der Waals surface area contributed by atoms with Gasteiger partial charge in [-0.1, -0.05) is 42.7 Å². The lowest BCUT2D eigenvalue weighted by atomic mass is 9.89. The Bertz CT molecular complexity index is 576. The first-order chi connectivity index (χ1) is 10.0. The molecule has 1 atom stereocenters. The van der Waals surface area contributed by atoms with E-state index >= 15 is 0 Å². The summed E-state index contributed by atoms with van der Waals surface area (Å²) >= 11 is 0. The molecule has 1 aliphatic carbocycles. The highest BCUT2D eigenvalue weighted by molar-refractivity contribution is 5.99. The number of piperazine rings is 1. The molecule has 0 radical (unpaired) electrons. The van der Waals surface area contributed by atoms with E-state index in [1.807, 2.05) is 30.0 Å². The molecule has 2 aliphatic rings. The van der Waals surface area contributed by atoms with E-state index in [1.165, 1.54) is 5.56 Å². The van der Waals surface area contributed by atoms with Crippen molar-refractivity contribution in [3.8, 4) is 0 Å². The number of carbonyl (C=O) groups is 2. The number of rotatable bonds is 2. The average Bonchev–Trinajstić information content (AvgIpc) is 2.93. The van der Waals surface area contributed by atoms with E-state index in [4.69, 9.17) is 0 Å². The van der Waals surface area contributed by atoms with Crippen LogP contribution in [0, 0.1) is 6.92 Å². The Balaban J connectivity index is 1.94. The maximum atomic E-state index is 12.6. The topological polar surface area (TPSA) is 49.4 Å². The van der Waals surface area contributed by atoms with E-state index in [0.29, 0.717) is 6.54 Å². The van der Waals surface area contributed by atoms with Crippen LogP contribution < -0.4 is 5.32 Å². The van der Waals surface area contributed by atoms with Crippen molar-refractivity contribution >= 4 is 11.8 Å². The van der Waals surface area contributed by atoms with Crippen LogP contribution in [0.1, 0.15) is 43.7 Å². The second kappa shape index (κ2) is 5.17. The van der Waals surface area contributed by atoms with E-state index in [-0.39, 0.29) is 11.8 Å². The molecule has 1 aromatic carbocycles. The molecule has 1 unspecified atom stereocenters. The summed E-state index contributed by atoms with van der Waals surface area (Å²) in [7, 11) is 0. The number of benzene rings is 1. The molecule has 21 heavy (non-hydrogen) atoms. The van der Waals surface area contributed by atoms with Gasteiger partial charge in [-0.3, -0.25) is 9.59 Å². The van der Waals surface area contributed by atoms with Crippen LogP contribution in [0.3, 0.4) is 0 Å². The molecule has 1 heterocycles. The van der Waals surface area contributed by atoms with Crippen molar-refractivity contribution in [3.63, 3.8) is 0 Å². The zero-order valence-electron chi connectivity index (χ0n) is 12.7. The minimum absolute atomic E-state index is 0.0275. The predicted molar refractivity (Wildman–Crippen MR) is 80.5 cm³/mol. The maximum Gasteiger partial charge on any atom is 0.246 e. The summed E-state index contributed by atoms with van der Waals surface area (Å²) in [5.41, 5.74) is 1.65. The Morgan fingerprint density at radius 1 is 1.29 bits per heavy atom. The van der Waals surface area contributed by atoms with Crippen LogP contribution >= 0.6 is 0 Å². The Hall–Kier alpha value is -1.84. The van der Waals surface area contributed by atoms with E-state index < -0.39 is 11.6 Å². The maximum absolute atomic E-state index is 12.6. The molecule has 1 saturated carbocycles. The molecular weight excluding hydrogens is 264 g/mol. The first-order valence-corrected chi connectivity index (χ1v) is 7.71. The number of amides is 2. The Morgan fingerprint density at radius 3 is 2.67 bits per heavy atom. The summed E-state index contributed by atoms with van der Waals surface area (Å²) in [5, 5.41) is 2.86. The molecule has 4 heteroatoms. The lowest BCUT2D eigenvalue weighted by Crippen LogP contribution is -2.68. The first kappa shape index (κ1) is 14.1. The standard InChI is InChI=1S/C17H22N2O2/c1-12-6-5-7-14(10-12)11-19-15(20)13(2)18-16(21)17(19)8-3-4-9-17/h5-7,10,13H,3-4,8-9,11H2,1-2H3,(H,18,21). The fourth-order valence-corrected chi connectivity index (χ4v) is 3.64. The molecule has 1 aromatic rings. The van der Waals surface area contributed by atoms with Gasteiger partial charge in [0.05, 0.1) is 0 Å². The van der Waals surface area contributed by atoms with Gasteiger partial charge >= 0.3 is 0 Å². The lowest BCUT2D eigenvalue weighted by Gasteiger charge is -2.45. The molecule has 1 N–H and O–H groups in total. The molecular formula is C17H22N2O2. The van der Waals surface area contributed by atoms with Gasteiger partial charge in [0.15, 0.2) is 0 Å². The SMILES string of the molecule is Cc1cccc(CN2C(=O)C(C)NC(=O)C23CCCC3)c1. The summed E-state index contributed by atoms with van der Waals surface area (Å²) in [4.78, 5) is 27.0. The summed E-state index contributed by atoms with van der Waals surface area (Å²) < 4.78 is 0. The van der Waals surface area contributed by atoms with Crippen LogP contribution in [-0.2, 0) is 16.1 Å². The van der Waals surface area contributed by atoms with Gasteiger partial charge in [0, 0.05) is 6.54 Å². The number of nitrogens with zero attached hydrogens (tertiary/aromatic N) is 1. The molecule has 2 amide bonds. The van der Waals surface area contributed by atoms with Crippen LogP contribution in [0.25, 0.3) is 0 Å². The van der Waals surface area contributed by atoms with Crippen molar-refractivity contribution in [1.82, 2.24) is 10.2 Å². The van der Waals surface area contributed by atoms with Crippen LogP contribution in [0.5, 0.6) is 0 Å². The van der Waals surface area contributed by atoms with Crippen molar-refractivity contribution in [1.29, 1.82) is 0 Å². The van der Waals surface area contributed by atoms with Crippen molar-refractivity contribution in [2.45, 2.75) is 57.7 Å². The number of hydrogen-bond acceptors (Lipinski definition) is 2. The molecule has 4 nitrogen and oxygen atoms in total. The second-order valence-corrected chi connectivity index (χ2v) is 6.35. The van der Waals surface area contributed by atoms with Gasteiger partial charge in [0.1, 0.15) is 11.6 Å². The highest BCUT2D eigenvalue weighted by Gasteiger charge is 2.52. The highest BCUT2D eigenvalue weighted by Crippen LogP contribution is 2.39. The lowest BCUT2D eigenvalue weighted by molar-refractivity contribution is -0.157. The fraction of sp³-hybridized carbons (Fsp3) is 0.529. The second-order valence-electron chi connectivity index (χ2n) is 6.35. The largest absolute Gasteiger partial charge is 0.343 e. The van der Waals surface area contributed by atoms with Crippen molar-refractivity contribution in [2.75, 3.05) is 0 Å². The van der Waals surface area contributed by atoms with E-state index in [0.717, 1.165) is 31.2 Å². The Labute approximate surface area is 125 Å². The van der Waals surface area contributed by atoms with Gasteiger partial charge in [-0.2, -0.15) is 0 Å². The van der Waals surface area contributed by atoms with Gasteiger partial charge in [0.2, 0.25) is 11.8 Å². The summed E-state index contributed by atoms with van der Waals surface area (Å²) in [5.74, 6) is 0.0674. The third-order valence-electron chi connectivity index (χ3n) is 4.78. The summed E-state index contributed by atoms with van der Waals surface area (Å²) in [6.07, 6.45) is 3.59. The van der Waals surface area contributed by atoms with Gasteiger partial charge < -0.3 is 10.2 Å². The van der Waals surface area contributed by atoms with Crippen LogP contribution in [0.2, 0.25) is 0 Å². The van der Waals surface area contributed by atoms with E-state index in [2.05, 4.69) is 11.4 Å². The van der Waals surface area contributed by atoms with E-state index in [1.54, 1.807) is 6.92 Å². The molecule has 0 bridgehead atoms. The Morgan fingerprint density at radius 2 is 2.00 bits per heavy atom. The van der Waals surface area contributed by atoms with Crippen molar-refractivity contribution in [3.05, 3.63) is 35.4 Å². The minimum atomic E-state index is -0.618. The molecule has 3 rings (SSSR count). The number of hydrogen-bond donors (Lipinski definition) is 1. The predicted octanol–water partition coefficient (Wildman–Crippen LogP) is 2.15. The van der Waals surface area contributed by atoms with E-state index in [9.17, 15) is 9.59 Å². The average molecular weight is 286 g/mol. The summed E-state index contributed by atoms with van der Waals surface area (Å²) in [6.45, 7) is 4.34. The van der Waals surface area contributed by atoms with Crippen LogP contribution in [0.15, 0.2) is 24.3 Å². The van der Waals surface area contributed by atoms with Crippen LogP contribution in [0.4, 0.5) is 0 Å². The minimum Gasteiger partial charge on any atom is -0.343 e. The van der Waals surface area contributed by atoms with Gasteiger partial charge in [-0.05, 0) is 32.3 Å². The van der Waals surface area contributed by atoms with Crippen molar-refractivity contribution in [2.24, 2.45) is 0 Å². The highest BCUT2D eigenvalue weighted by atomic mass is 16.2. The first-order valence-electron chi connectivity index (χ1n) is 7.71. The van der Waals surface area contributed by atoms with Gasteiger partial charge in [0.25, 0.3) is 0 Å². The third kappa shape index (κ3) is 2.33. The van der Waals surface area contributed by atoms with Gasteiger partial charge in [-0.25, -0.2) is 0 Å². The quantitative estimate of drug-likeness (QED) is 0.905. The number of nitrogens with one attached hydrogen (secondary N) is 1. The number of aryl methyl sites for hydroxylation is 1. The smallest absolute Gasteiger partial charge is 0.246 e. The third-order valence-corrected chi connectivity index (χ3v) is 4.78. The summed E-state index contributed by atoms with van der Waals surface area (Å²) in [6, 6.07) is 7.74. The van der Waals surface area contributed by atoms with Crippen LogP contribution in [-0.4, -0.2) is 28.3 Å².